The topological polar surface area (TPSA) is 0 Å². The fraction of sp³-hybridized carbons (Fsp3) is 0.0526. The molecule has 0 aliphatic heterocycles. The highest BCUT2D eigenvalue weighted by atomic mass is 19.1. The summed E-state index contributed by atoms with van der Waals surface area (Å²) >= 11 is 0. The first-order valence-corrected chi connectivity index (χ1v) is 7.51. The van der Waals surface area contributed by atoms with Gasteiger partial charge in [0, 0.05) is 12.1 Å². The first-order valence-electron chi connectivity index (χ1n) is 7.51. The summed E-state index contributed by atoms with van der Waals surface area (Å²) in [6.07, 6.45) is 0. The Balaban J connectivity index is 2.27. The molecule has 126 valence electrons. The zero-order valence-corrected chi connectivity index (χ0v) is 13.2. The van der Waals surface area contributed by atoms with Crippen molar-refractivity contribution in [3.8, 4) is 0 Å². The van der Waals surface area contributed by atoms with Gasteiger partial charge in [0.05, 0.1) is 0 Å². The maximum absolute atomic E-state index is 13.8. The molecule has 3 rings (SSSR count). The zero-order valence-electron chi connectivity index (χ0n) is 13.2. The number of aryl methyl sites for hydroxylation is 1. The summed E-state index contributed by atoms with van der Waals surface area (Å²) in [5.41, 5.74) is 1.18. The predicted octanol–water partition coefficient (Wildman–Crippen LogP) is 3.21. The quantitative estimate of drug-likeness (QED) is 0.505. The molecule has 25 heavy (non-hydrogen) atoms. The molecule has 0 radical (unpaired) electrons. The molecule has 3 aromatic carbocycles. The Hall–Kier alpha value is -2.63. The van der Waals surface area contributed by atoms with Gasteiger partial charge in [-0.25, -0.2) is 22.0 Å². The van der Waals surface area contributed by atoms with Crippen molar-refractivity contribution in [2.45, 2.75) is 6.92 Å². The highest BCUT2D eigenvalue weighted by Gasteiger charge is 2.25. The Kier molecular flexibility index (Phi) is 4.62. The molecular formula is C19H12BF5. The van der Waals surface area contributed by atoms with E-state index in [1.807, 2.05) is 0 Å². The molecule has 0 N–H and O–H groups in total. The maximum Gasteiger partial charge on any atom is 0.241 e. The minimum Gasteiger partial charge on any atom is -0.207 e. The molecule has 0 aromatic heterocycles. The molecule has 0 heterocycles. The average Bonchev–Trinajstić information content (AvgIpc) is 2.44. The molecule has 0 amide bonds. The van der Waals surface area contributed by atoms with E-state index in [0.717, 1.165) is 24.3 Å². The third-order valence-electron chi connectivity index (χ3n) is 3.83. The Bertz CT molecular complexity index is 756. The number of hydrogen-bond donors (Lipinski definition) is 0. The maximum atomic E-state index is 13.8. The third-order valence-corrected chi connectivity index (χ3v) is 3.83. The van der Waals surface area contributed by atoms with Gasteiger partial charge >= 0.3 is 0 Å². The predicted molar refractivity (Wildman–Crippen MR) is 88.5 cm³/mol. The average molecular weight is 346 g/mol. The van der Waals surface area contributed by atoms with E-state index in [1.54, 1.807) is 13.0 Å². The summed E-state index contributed by atoms with van der Waals surface area (Å²) in [4.78, 5) is 0. The van der Waals surface area contributed by atoms with Crippen molar-refractivity contribution >= 4 is 23.1 Å². The monoisotopic (exact) mass is 346 g/mol. The number of rotatable bonds is 3. The second-order valence-corrected chi connectivity index (χ2v) is 5.90. The van der Waals surface area contributed by atoms with Gasteiger partial charge < -0.3 is 0 Å². The van der Waals surface area contributed by atoms with E-state index in [4.69, 9.17) is 0 Å². The molecular weight excluding hydrogens is 334 g/mol. The molecule has 3 aromatic rings. The molecule has 6 heteroatoms. The van der Waals surface area contributed by atoms with Crippen LogP contribution in [-0.4, -0.2) is 6.71 Å². The van der Waals surface area contributed by atoms with E-state index < -0.39 is 35.8 Å². The van der Waals surface area contributed by atoms with Gasteiger partial charge in [-0.15, -0.1) is 0 Å². The van der Waals surface area contributed by atoms with Crippen molar-refractivity contribution in [3.63, 3.8) is 0 Å². The molecule has 0 bridgehead atoms. The van der Waals surface area contributed by atoms with Gasteiger partial charge in [-0.05, 0) is 48.9 Å². The Labute approximate surface area is 142 Å². The lowest BCUT2D eigenvalue weighted by Crippen LogP contribution is -2.52. The first kappa shape index (κ1) is 17.2. The molecule has 0 nitrogen and oxygen atoms in total. The summed E-state index contributed by atoms with van der Waals surface area (Å²) in [6, 6.07) is 9.75. The fourth-order valence-electron chi connectivity index (χ4n) is 2.99. The summed E-state index contributed by atoms with van der Waals surface area (Å²) in [5.74, 6) is -3.86. The summed E-state index contributed by atoms with van der Waals surface area (Å²) < 4.78 is 68.5. The van der Waals surface area contributed by atoms with Crippen molar-refractivity contribution in [3.05, 3.63) is 89.2 Å². The molecule has 0 unspecified atom stereocenters. The number of hydrogen-bond acceptors (Lipinski definition) is 0. The second kappa shape index (κ2) is 6.71. The summed E-state index contributed by atoms with van der Waals surface area (Å²) in [5, 5.41) is 0. The van der Waals surface area contributed by atoms with Crippen molar-refractivity contribution < 1.29 is 22.0 Å². The standard InChI is InChI=1S/C19H12BF5/c1-11-2-12(4-15(21)3-11)20(13-5-16(22)9-17(23)6-13)14-7-18(24)10-19(25)8-14/h2-10H,1H3. The van der Waals surface area contributed by atoms with Crippen LogP contribution in [0.3, 0.4) is 0 Å². The van der Waals surface area contributed by atoms with Gasteiger partial charge in [0.1, 0.15) is 29.1 Å². The van der Waals surface area contributed by atoms with Crippen LogP contribution in [0.25, 0.3) is 0 Å². The normalized spacial score (nSPS) is 10.8. The molecule has 0 fully saturated rings. The Morgan fingerprint density at radius 1 is 0.480 bits per heavy atom. The van der Waals surface area contributed by atoms with Crippen LogP contribution in [0.15, 0.2) is 54.6 Å². The van der Waals surface area contributed by atoms with Gasteiger partial charge in [-0.2, -0.15) is 0 Å². The Morgan fingerprint density at radius 2 is 0.800 bits per heavy atom. The Morgan fingerprint density at radius 3 is 1.16 bits per heavy atom. The van der Waals surface area contributed by atoms with E-state index in [1.165, 1.54) is 12.1 Å². The van der Waals surface area contributed by atoms with Crippen LogP contribution in [0.2, 0.25) is 0 Å². The van der Waals surface area contributed by atoms with Crippen molar-refractivity contribution in [1.82, 2.24) is 0 Å². The highest BCUT2D eigenvalue weighted by Crippen LogP contribution is 2.07. The third kappa shape index (κ3) is 3.90. The largest absolute Gasteiger partial charge is 0.241 e. The molecule has 0 spiro atoms. The van der Waals surface area contributed by atoms with Gasteiger partial charge in [0.25, 0.3) is 0 Å². The van der Waals surface area contributed by atoms with Crippen LogP contribution in [0.1, 0.15) is 5.56 Å². The first-order chi connectivity index (χ1) is 11.8. The summed E-state index contributed by atoms with van der Waals surface area (Å²) in [7, 11) is 0. The van der Waals surface area contributed by atoms with Crippen LogP contribution in [0, 0.1) is 36.0 Å². The lowest BCUT2D eigenvalue weighted by molar-refractivity contribution is 0.585. The van der Waals surface area contributed by atoms with Crippen molar-refractivity contribution in [2.75, 3.05) is 0 Å². The highest BCUT2D eigenvalue weighted by molar-refractivity contribution is 6.95. The minimum absolute atomic E-state index is 0.132. The fourth-order valence-corrected chi connectivity index (χ4v) is 2.99. The van der Waals surface area contributed by atoms with Crippen molar-refractivity contribution in [1.29, 1.82) is 0 Å². The van der Waals surface area contributed by atoms with Gasteiger partial charge in [0.15, 0.2) is 0 Å². The van der Waals surface area contributed by atoms with E-state index in [2.05, 4.69) is 0 Å². The molecule has 0 atom stereocenters. The minimum atomic E-state index is -0.926. The van der Waals surface area contributed by atoms with Crippen molar-refractivity contribution in [2.24, 2.45) is 0 Å². The van der Waals surface area contributed by atoms with Gasteiger partial charge in [-0.1, -0.05) is 22.5 Å². The molecule has 0 saturated carbocycles. The smallest absolute Gasteiger partial charge is 0.207 e. The van der Waals surface area contributed by atoms with Gasteiger partial charge in [-0.3, -0.25) is 0 Å². The lowest BCUT2D eigenvalue weighted by atomic mass is 9.36. The lowest BCUT2D eigenvalue weighted by Gasteiger charge is -2.17. The summed E-state index contributed by atoms with van der Waals surface area (Å²) in [6.45, 7) is 0.729. The molecule has 0 aliphatic rings. The number of halogens is 5. The van der Waals surface area contributed by atoms with Crippen LogP contribution < -0.4 is 16.4 Å². The SMILES string of the molecule is Cc1cc(F)cc(B(c2cc(F)cc(F)c2)c2cc(F)cc(F)c2)c1. The van der Waals surface area contributed by atoms with Crippen LogP contribution in [0.5, 0.6) is 0 Å². The van der Waals surface area contributed by atoms with E-state index in [-0.39, 0.29) is 10.9 Å². The van der Waals surface area contributed by atoms with Crippen LogP contribution >= 0.6 is 0 Å². The van der Waals surface area contributed by atoms with E-state index >= 15 is 0 Å². The second-order valence-electron chi connectivity index (χ2n) is 5.90. The van der Waals surface area contributed by atoms with E-state index in [0.29, 0.717) is 23.2 Å². The molecule has 0 aliphatic carbocycles. The molecule has 0 saturated heterocycles. The van der Waals surface area contributed by atoms with E-state index in [9.17, 15) is 22.0 Å². The van der Waals surface area contributed by atoms with Crippen LogP contribution in [-0.2, 0) is 0 Å². The van der Waals surface area contributed by atoms with Gasteiger partial charge in [0.2, 0.25) is 6.71 Å². The van der Waals surface area contributed by atoms with Crippen LogP contribution in [0.4, 0.5) is 22.0 Å². The number of benzene rings is 3. The zero-order chi connectivity index (χ0) is 18.1.